The first-order chi connectivity index (χ1) is 11.5. The number of hydrogen-bond acceptors (Lipinski definition) is 5. The molecule has 0 spiro atoms. The number of ether oxygens (including phenoxy) is 1. The minimum absolute atomic E-state index is 0.0109. The van der Waals surface area contributed by atoms with Crippen LogP contribution in [0.2, 0.25) is 0 Å². The molecule has 2 aromatic rings. The van der Waals surface area contributed by atoms with Crippen LogP contribution in [0, 0.1) is 0 Å². The zero-order chi connectivity index (χ0) is 17.3. The lowest BCUT2D eigenvalue weighted by Gasteiger charge is -2.20. The van der Waals surface area contributed by atoms with Crippen molar-refractivity contribution in [3.8, 4) is 11.5 Å². The number of ketones is 2. The Morgan fingerprint density at radius 1 is 1.00 bits per heavy atom. The van der Waals surface area contributed by atoms with Gasteiger partial charge in [0.15, 0.2) is 11.6 Å². The Hall–Kier alpha value is -2.95. The summed E-state index contributed by atoms with van der Waals surface area (Å²) in [6.07, 6.45) is 1.74. The van der Waals surface area contributed by atoms with Crippen LogP contribution in [0.15, 0.2) is 36.4 Å². The van der Waals surface area contributed by atoms with Gasteiger partial charge in [0, 0.05) is 17.5 Å². The maximum absolute atomic E-state index is 12.8. The van der Waals surface area contributed by atoms with Crippen LogP contribution in [0.1, 0.15) is 58.0 Å². The third-order valence-electron chi connectivity index (χ3n) is 3.97. The van der Waals surface area contributed by atoms with Crippen LogP contribution in [-0.4, -0.2) is 22.6 Å². The summed E-state index contributed by atoms with van der Waals surface area (Å²) < 4.78 is 5.28. The lowest BCUT2D eigenvalue weighted by atomic mass is 9.83. The van der Waals surface area contributed by atoms with Crippen molar-refractivity contribution in [2.45, 2.75) is 26.2 Å². The van der Waals surface area contributed by atoms with Crippen LogP contribution in [0.25, 0.3) is 0 Å². The molecule has 0 atom stereocenters. The second kappa shape index (κ2) is 6.28. The number of benzene rings is 2. The fourth-order valence-corrected chi connectivity index (χ4v) is 2.76. The van der Waals surface area contributed by atoms with E-state index in [4.69, 9.17) is 4.74 Å². The second-order valence-corrected chi connectivity index (χ2v) is 5.61. The zero-order valence-electron chi connectivity index (χ0n) is 13.2. The Morgan fingerprint density at radius 2 is 1.62 bits per heavy atom. The molecule has 0 fully saturated rings. The van der Waals surface area contributed by atoms with Gasteiger partial charge in [0.05, 0.1) is 11.1 Å². The molecular formula is C19H16O5. The molecule has 122 valence electrons. The van der Waals surface area contributed by atoms with Gasteiger partial charge in [0.25, 0.3) is 0 Å². The van der Waals surface area contributed by atoms with Crippen molar-refractivity contribution < 1.29 is 24.2 Å². The highest BCUT2D eigenvalue weighted by Gasteiger charge is 2.35. The van der Waals surface area contributed by atoms with E-state index in [0.717, 1.165) is 6.42 Å². The molecule has 5 heteroatoms. The van der Waals surface area contributed by atoms with Gasteiger partial charge in [-0.05, 0) is 18.6 Å². The standard InChI is InChI=1S/C19H16O5/c1-2-3-8-15(21)24-14-10-9-13(20)16-17(14)19(23)12-7-5-4-6-11(12)18(16)22/h4-7,9-10,20H,2-3,8H2,1H3. The van der Waals surface area contributed by atoms with Crippen LogP contribution in [-0.2, 0) is 4.79 Å². The molecule has 0 aliphatic heterocycles. The molecule has 0 saturated heterocycles. The Labute approximate surface area is 138 Å². The lowest BCUT2D eigenvalue weighted by molar-refractivity contribution is -0.134. The van der Waals surface area contributed by atoms with Crippen molar-refractivity contribution in [1.82, 2.24) is 0 Å². The van der Waals surface area contributed by atoms with Gasteiger partial charge in [-0.15, -0.1) is 0 Å². The van der Waals surface area contributed by atoms with E-state index < -0.39 is 17.5 Å². The number of fused-ring (bicyclic) bond motifs is 2. The van der Waals surface area contributed by atoms with Gasteiger partial charge >= 0.3 is 5.97 Å². The van der Waals surface area contributed by atoms with Crippen molar-refractivity contribution in [2.24, 2.45) is 0 Å². The van der Waals surface area contributed by atoms with Crippen molar-refractivity contribution in [2.75, 3.05) is 0 Å². The monoisotopic (exact) mass is 324 g/mol. The average molecular weight is 324 g/mol. The predicted octanol–water partition coefficient (Wildman–Crippen LogP) is 3.26. The molecule has 5 nitrogen and oxygen atoms in total. The number of carbonyl (C=O) groups is 3. The van der Waals surface area contributed by atoms with E-state index in [9.17, 15) is 19.5 Å². The number of unbranched alkanes of at least 4 members (excludes halogenated alkanes) is 1. The second-order valence-electron chi connectivity index (χ2n) is 5.61. The van der Waals surface area contributed by atoms with E-state index in [1.165, 1.54) is 18.2 Å². The lowest BCUT2D eigenvalue weighted by Crippen LogP contribution is -2.23. The number of carbonyl (C=O) groups excluding carboxylic acids is 3. The first-order valence-corrected chi connectivity index (χ1v) is 7.79. The molecular weight excluding hydrogens is 308 g/mol. The summed E-state index contributed by atoms with van der Waals surface area (Å²) in [6.45, 7) is 1.95. The molecule has 2 aromatic carbocycles. The van der Waals surface area contributed by atoms with Crippen molar-refractivity contribution in [3.05, 3.63) is 58.7 Å². The maximum Gasteiger partial charge on any atom is 0.311 e. The van der Waals surface area contributed by atoms with Gasteiger partial charge in [-0.2, -0.15) is 0 Å². The van der Waals surface area contributed by atoms with Crippen molar-refractivity contribution in [1.29, 1.82) is 0 Å². The molecule has 24 heavy (non-hydrogen) atoms. The number of phenolic OH excluding ortho intramolecular Hbond substituents is 1. The molecule has 0 bridgehead atoms. The maximum atomic E-state index is 12.8. The Bertz CT molecular complexity index is 851. The molecule has 0 heterocycles. The molecule has 1 aliphatic rings. The predicted molar refractivity (Wildman–Crippen MR) is 86.6 cm³/mol. The average Bonchev–Trinajstić information content (AvgIpc) is 2.59. The van der Waals surface area contributed by atoms with E-state index >= 15 is 0 Å². The van der Waals surface area contributed by atoms with Crippen LogP contribution in [0.5, 0.6) is 11.5 Å². The third-order valence-corrected chi connectivity index (χ3v) is 3.97. The number of phenols is 1. The van der Waals surface area contributed by atoms with E-state index in [2.05, 4.69) is 0 Å². The smallest absolute Gasteiger partial charge is 0.311 e. The normalized spacial score (nSPS) is 12.5. The summed E-state index contributed by atoms with van der Waals surface area (Å²) in [5.74, 6) is -1.65. The van der Waals surface area contributed by atoms with Gasteiger partial charge in [-0.3, -0.25) is 14.4 Å². The van der Waals surface area contributed by atoms with Crippen LogP contribution in [0.3, 0.4) is 0 Å². The van der Waals surface area contributed by atoms with Crippen molar-refractivity contribution in [3.63, 3.8) is 0 Å². The summed E-state index contributed by atoms with van der Waals surface area (Å²) in [4.78, 5) is 37.3. The minimum atomic E-state index is -0.469. The number of hydrogen-bond donors (Lipinski definition) is 1. The molecule has 0 unspecified atom stereocenters. The minimum Gasteiger partial charge on any atom is -0.507 e. The first-order valence-electron chi connectivity index (χ1n) is 7.79. The highest BCUT2D eigenvalue weighted by Crippen LogP contribution is 2.38. The van der Waals surface area contributed by atoms with E-state index in [1.807, 2.05) is 6.92 Å². The fourth-order valence-electron chi connectivity index (χ4n) is 2.76. The molecule has 0 radical (unpaired) electrons. The number of rotatable bonds is 4. The molecule has 1 aliphatic carbocycles. The quantitative estimate of drug-likeness (QED) is 0.588. The largest absolute Gasteiger partial charge is 0.507 e. The van der Waals surface area contributed by atoms with E-state index in [0.29, 0.717) is 6.42 Å². The topological polar surface area (TPSA) is 80.7 Å². The van der Waals surface area contributed by atoms with Crippen LogP contribution < -0.4 is 4.74 Å². The summed E-state index contributed by atoms with van der Waals surface area (Å²) in [5, 5.41) is 10.1. The summed E-state index contributed by atoms with van der Waals surface area (Å²) >= 11 is 0. The Balaban J connectivity index is 2.09. The Kier molecular flexibility index (Phi) is 4.16. The van der Waals surface area contributed by atoms with Gasteiger partial charge in [0.2, 0.25) is 0 Å². The molecule has 0 aromatic heterocycles. The summed E-state index contributed by atoms with van der Waals surface area (Å²) in [7, 11) is 0. The van der Waals surface area contributed by atoms with Crippen LogP contribution in [0.4, 0.5) is 0 Å². The van der Waals surface area contributed by atoms with E-state index in [-0.39, 0.29) is 40.2 Å². The SMILES string of the molecule is CCCCC(=O)Oc1ccc(O)c2c1C(=O)c1ccccc1C2=O. The fraction of sp³-hybridized carbons (Fsp3) is 0.211. The van der Waals surface area contributed by atoms with Gasteiger partial charge in [-0.25, -0.2) is 0 Å². The van der Waals surface area contributed by atoms with Gasteiger partial charge in [-0.1, -0.05) is 37.6 Å². The number of aromatic hydroxyl groups is 1. The summed E-state index contributed by atoms with van der Waals surface area (Å²) in [5.41, 5.74) is 0.314. The molecule has 0 saturated carbocycles. The summed E-state index contributed by atoms with van der Waals surface area (Å²) in [6, 6.07) is 9.01. The highest BCUT2D eigenvalue weighted by atomic mass is 16.5. The molecule has 1 N–H and O–H groups in total. The van der Waals surface area contributed by atoms with Gasteiger partial charge < -0.3 is 9.84 Å². The van der Waals surface area contributed by atoms with Gasteiger partial charge in [0.1, 0.15) is 11.5 Å². The number of esters is 1. The highest BCUT2D eigenvalue weighted by molar-refractivity contribution is 6.30. The third kappa shape index (κ3) is 2.58. The molecule has 0 amide bonds. The zero-order valence-corrected chi connectivity index (χ0v) is 13.2. The van der Waals surface area contributed by atoms with Crippen molar-refractivity contribution >= 4 is 17.5 Å². The Morgan fingerprint density at radius 3 is 2.25 bits per heavy atom. The van der Waals surface area contributed by atoms with E-state index in [1.54, 1.807) is 18.2 Å². The molecule has 3 rings (SSSR count). The van der Waals surface area contributed by atoms with Crippen LogP contribution >= 0.6 is 0 Å². The first kappa shape index (κ1) is 15.9.